The molecular formula is C14H11F5N4O2. The Hall–Kier alpha value is -3.11. The predicted molar refractivity (Wildman–Crippen MR) is 79.0 cm³/mol. The third-order valence-electron chi connectivity index (χ3n) is 3.11. The number of pyridine rings is 1. The molecule has 1 heterocycles. The molecule has 25 heavy (non-hydrogen) atoms. The average Bonchev–Trinajstić information content (AvgIpc) is 2.51. The third kappa shape index (κ3) is 4.25. The topological polar surface area (TPSA) is 100 Å². The summed E-state index contributed by atoms with van der Waals surface area (Å²) in [5.74, 6) is -2.21. The van der Waals surface area contributed by atoms with Crippen molar-refractivity contribution in [3.8, 4) is 0 Å². The van der Waals surface area contributed by atoms with Crippen LogP contribution in [0.4, 0.5) is 43.8 Å². The van der Waals surface area contributed by atoms with Crippen LogP contribution in [0.1, 0.15) is 11.3 Å². The summed E-state index contributed by atoms with van der Waals surface area (Å²) in [6.45, 7) is -0.411. The van der Waals surface area contributed by atoms with Gasteiger partial charge in [-0.15, -0.1) is 0 Å². The Labute approximate surface area is 137 Å². The molecule has 0 aliphatic rings. The van der Waals surface area contributed by atoms with Gasteiger partial charge < -0.3 is 16.2 Å². The Morgan fingerprint density at radius 3 is 2.44 bits per heavy atom. The Balaban J connectivity index is 2.17. The molecule has 0 saturated carbocycles. The third-order valence-corrected chi connectivity index (χ3v) is 3.11. The number of aromatic nitrogens is 1. The van der Waals surface area contributed by atoms with E-state index in [1.807, 2.05) is 5.32 Å². The number of amides is 1. The molecule has 0 unspecified atom stereocenters. The molecular weight excluding hydrogens is 351 g/mol. The molecule has 0 atom stereocenters. The van der Waals surface area contributed by atoms with Crippen LogP contribution >= 0.6 is 0 Å². The normalized spacial score (nSPS) is 11.2. The second kappa shape index (κ2) is 6.79. The number of hydrogen-bond donors (Lipinski definition) is 4. The SMILES string of the molecule is Nc1c(NC(=O)O)ccc(NCc2ncc(C(F)(F)F)cc2F)c1F. The highest BCUT2D eigenvalue weighted by molar-refractivity contribution is 5.88. The highest BCUT2D eigenvalue weighted by Gasteiger charge is 2.31. The van der Waals surface area contributed by atoms with E-state index >= 15 is 0 Å². The minimum absolute atomic E-state index is 0.186. The molecule has 2 aromatic rings. The van der Waals surface area contributed by atoms with Gasteiger partial charge in [-0.05, 0) is 18.2 Å². The lowest BCUT2D eigenvalue weighted by Crippen LogP contribution is -2.12. The van der Waals surface area contributed by atoms with Gasteiger partial charge >= 0.3 is 12.3 Å². The minimum atomic E-state index is -4.73. The lowest BCUT2D eigenvalue weighted by atomic mass is 10.2. The molecule has 1 aromatic carbocycles. The van der Waals surface area contributed by atoms with Crippen LogP contribution in [0.2, 0.25) is 0 Å². The maximum absolute atomic E-state index is 14.1. The maximum atomic E-state index is 14.1. The van der Waals surface area contributed by atoms with Gasteiger partial charge in [-0.1, -0.05) is 0 Å². The number of rotatable bonds is 4. The number of carboxylic acid groups (broad SMARTS) is 1. The van der Waals surface area contributed by atoms with Crippen molar-refractivity contribution >= 4 is 23.2 Å². The number of nitrogens with one attached hydrogen (secondary N) is 2. The standard InChI is InChI=1S/C14H11F5N4O2/c15-7-3-6(14(17,18)19)4-21-10(7)5-22-8-1-2-9(23-13(24)25)12(20)11(8)16/h1-4,22-23H,5,20H2,(H,24,25). The number of nitrogen functional groups attached to an aromatic ring is 1. The summed E-state index contributed by atoms with van der Waals surface area (Å²) in [5.41, 5.74) is 2.96. The number of alkyl halides is 3. The molecule has 0 spiro atoms. The molecule has 134 valence electrons. The molecule has 0 aliphatic heterocycles. The molecule has 0 bridgehead atoms. The van der Waals surface area contributed by atoms with Gasteiger partial charge in [0.05, 0.1) is 34.9 Å². The molecule has 6 nitrogen and oxygen atoms in total. The van der Waals surface area contributed by atoms with Gasteiger partial charge in [-0.25, -0.2) is 13.6 Å². The molecule has 11 heteroatoms. The first-order valence-corrected chi connectivity index (χ1v) is 6.63. The van der Waals surface area contributed by atoms with Crippen molar-refractivity contribution in [2.24, 2.45) is 0 Å². The molecule has 5 N–H and O–H groups in total. The zero-order chi connectivity index (χ0) is 18.8. The lowest BCUT2D eigenvalue weighted by molar-refractivity contribution is -0.138. The van der Waals surface area contributed by atoms with E-state index in [0.29, 0.717) is 6.20 Å². The monoisotopic (exact) mass is 362 g/mol. The Kier molecular flexibility index (Phi) is 4.95. The maximum Gasteiger partial charge on any atom is 0.417 e. The van der Waals surface area contributed by atoms with Crippen molar-refractivity contribution in [3.63, 3.8) is 0 Å². The fourth-order valence-corrected chi connectivity index (χ4v) is 1.88. The van der Waals surface area contributed by atoms with Gasteiger partial charge in [0, 0.05) is 6.20 Å². The quantitative estimate of drug-likeness (QED) is 0.491. The summed E-state index contributed by atoms with van der Waals surface area (Å²) in [6.07, 6.45) is -5.71. The van der Waals surface area contributed by atoms with E-state index < -0.39 is 41.7 Å². The van der Waals surface area contributed by atoms with Gasteiger partial charge in [0.2, 0.25) is 0 Å². The van der Waals surface area contributed by atoms with Gasteiger partial charge in [0.25, 0.3) is 0 Å². The Morgan fingerprint density at radius 2 is 1.88 bits per heavy atom. The molecule has 0 aliphatic carbocycles. The Bertz CT molecular complexity index is 811. The van der Waals surface area contributed by atoms with E-state index in [1.54, 1.807) is 0 Å². The average molecular weight is 362 g/mol. The first-order valence-electron chi connectivity index (χ1n) is 6.63. The first-order chi connectivity index (χ1) is 11.6. The second-order valence-electron chi connectivity index (χ2n) is 4.82. The van der Waals surface area contributed by atoms with Gasteiger partial charge in [0.15, 0.2) is 5.82 Å². The summed E-state index contributed by atoms with van der Waals surface area (Å²) in [4.78, 5) is 13.9. The van der Waals surface area contributed by atoms with Crippen molar-refractivity contribution in [1.82, 2.24) is 4.98 Å². The Morgan fingerprint density at radius 1 is 1.24 bits per heavy atom. The van der Waals surface area contributed by atoms with E-state index in [9.17, 15) is 26.7 Å². The summed E-state index contributed by atoms with van der Waals surface area (Å²) in [7, 11) is 0. The molecule has 0 saturated heterocycles. The molecule has 1 amide bonds. The number of hydrogen-bond acceptors (Lipinski definition) is 4. The largest absolute Gasteiger partial charge is 0.465 e. The predicted octanol–water partition coefficient (Wildman–Crippen LogP) is 3.66. The van der Waals surface area contributed by atoms with Crippen LogP contribution in [0, 0.1) is 11.6 Å². The van der Waals surface area contributed by atoms with E-state index in [0.717, 1.165) is 6.07 Å². The summed E-state index contributed by atoms with van der Waals surface area (Å²) in [5, 5.41) is 12.9. The van der Waals surface area contributed by atoms with Crippen LogP contribution in [-0.4, -0.2) is 16.2 Å². The minimum Gasteiger partial charge on any atom is -0.465 e. The van der Waals surface area contributed by atoms with Gasteiger partial charge in [-0.3, -0.25) is 10.3 Å². The lowest BCUT2D eigenvalue weighted by Gasteiger charge is -2.13. The first kappa shape index (κ1) is 18.2. The van der Waals surface area contributed by atoms with E-state index in [2.05, 4.69) is 10.3 Å². The molecule has 0 radical (unpaired) electrons. The smallest absolute Gasteiger partial charge is 0.417 e. The number of halogens is 5. The number of anilines is 3. The van der Waals surface area contributed by atoms with E-state index in [-0.39, 0.29) is 23.1 Å². The van der Waals surface area contributed by atoms with Crippen molar-refractivity contribution in [1.29, 1.82) is 0 Å². The zero-order valence-electron chi connectivity index (χ0n) is 12.3. The van der Waals surface area contributed by atoms with E-state index in [4.69, 9.17) is 10.8 Å². The fourth-order valence-electron chi connectivity index (χ4n) is 1.88. The van der Waals surface area contributed by atoms with Crippen molar-refractivity contribution in [2.45, 2.75) is 12.7 Å². The fraction of sp³-hybridized carbons (Fsp3) is 0.143. The molecule has 2 rings (SSSR count). The van der Waals surface area contributed by atoms with Crippen molar-refractivity contribution in [3.05, 3.63) is 47.3 Å². The van der Waals surface area contributed by atoms with E-state index in [1.165, 1.54) is 6.07 Å². The number of nitrogens with two attached hydrogens (primary N) is 1. The van der Waals surface area contributed by atoms with Crippen LogP contribution in [0.15, 0.2) is 24.4 Å². The highest BCUT2D eigenvalue weighted by Crippen LogP contribution is 2.30. The number of carbonyl (C=O) groups is 1. The van der Waals surface area contributed by atoms with Crippen LogP contribution in [0.5, 0.6) is 0 Å². The van der Waals surface area contributed by atoms with Gasteiger partial charge in [0.1, 0.15) is 5.82 Å². The van der Waals surface area contributed by atoms with Crippen LogP contribution in [0.3, 0.4) is 0 Å². The van der Waals surface area contributed by atoms with Gasteiger partial charge in [-0.2, -0.15) is 13.2 Å². The van der Waals surface area contributed by atoms with Crippen molar-refractivity contribution < 1.29 is 31.9 Å². The molecule has 1 aromatic heterocycles. The second-order valence-corrected chi connectivity index (χ2v) is 4.82. The number of nitrogens with zero attached hydrogens (tertiary/aromatic N) is 1. The van der Waals surface area contributed by atoms with Crippen LogP contribution in [0.25, 0.3) is 0 Å². The summed E-state index contributed by atoms with van der Waals surface area (Å²) in [6, 6.07) is 2.60. The van der Waals surface area contributed by atoms with Crippen LogP contribution in [-0.2, 0) is 12.7 Å². The summed E-state index contributed by atoms with van der Waals surface area (Å²) < 4.78 is 65.1. The molecule has 0 fully saturated rings. The van der Waals surface area contributed by atoms with Crippen molar-refractivity contribution in [2.75, 3.05) is 16.4 Å². The summed E-state index contributed by atoms with van der Waals surface area (Å²) >= 11 is 0. The zero-order valence-corrected chi connectivity index (χ0v) is 12.3. The number of benzene rings is 1. The highest BCUT2D eigenvalue weighted by atomic mass is 19.4. The van der Waals surface area contributed by atoms with Crippen LogP contribution < -0.4 is 16.4 Å².